The van der Waals surface area contributed by atoms with Gasteiger partial charge in [-0.15, -0.1) is 0 Å². The second kappa shape index (κ2) is 10.8. The second-order valence-corrected chi connectivity index (χ2v) is 13.1. The van der Waals surface area contributed by atoms with Crippen molar-refractivity contribution in [3.8, 4) is 0 Å². The van der Waals surface area contributed by atoms with Crippen molar-refractivity contribution in [2.24, 2.45) is 5.41 Å². The Balaban J connectivity index is 2.51. The number of methoxy groups -OCH3 is 1. The molecule has 1 aliphatic heterocycles. The van der Waals surface area contributed by atoms with Crippen molar-refractivity contribution in [1.29, 1.82) is 0 Å². The molecule has 2 N–H and O–H groups in total. The van der Waals surface area contributed by atoms with Crippen LogP contribution in [0.4, 0.5) is 0 Å². The van der Waals surface area contributed by atoms with Gasteiger partial charge in [-0.3, -0.25) is 18.9 Å². The Bertz CT molecular complexity index is 965. The largest absolute Gasteiger partial charge is 0.382 e. The van der Waals surface area contributed by atoms with Gasteiger partial charge in [-0.25, -0.2) is 4.79 Å². The average Bonchev–Trinajstić information content (AvgIpc) is 2.91. The SMILES string of the molecule is COCCOC1[C@@H](OP(O)(=S)OC(C)(C)C)[C@@H](CC(C)(C)C)O[C@H]1n1cc(C)c(=O)[nH]c1=O. The minimum Gasteiger partial charge on any atom is -0.382 e. The molecule has 0 radical (unpaired) electrons. The molecule has 0 amide bonds. The lowest BCUT2D eigenvalue weighted by Gasteiger charge is -2.32. The molecule has 1 aromatic rings. The summed E-state index contributed by atoms with van der Waals surface area (Å²) in [5.41, 5.74) is -1.68. The Morgan fingerprint density at radius 3 is 2.36 bits per heavy atom. The van der Waals surface area contributed by atoms with Crippen LogP contribution >= 0.6 is 6.72 Å². The Morgan fingerprint density at radius 2 is 1.82 bits per heavy atom. The van der Waals surface area contributed by atoms with E-state index in [4.69, 9.17) is 35.1 Å². The molecule has 2 unspecified atom stereocenters. The van der Waals surface area contributed by atoms with Crippen molar-refractivity contribution in [2.45, 2.75) is 85.0 Å². The van der Waals surface area contributed by atoms with Crippen molar-refractivity contribution in [1.82, 2.24) is 9.55 Å². The van der Waals surface area contributed by atoms with Crippen LogP contribution in [0, 0.1) is 12.3 Å². The normalized spacial score (nSPS) is 25.8. The number of aryl methyl sites for hydroxylation is 1. The molecule has 190 valence electrons. The Hall–Kier alpha value is -0.910. The molecule has 2 rings (SSSR count). The molecule has 1 aromatic heterocycles. The van der Waals surface area contributed by atoms with Gasteiger partial charge in [0.15, 0.2) is 6.23 Å². The van der Waals surface area contributed by atoms with Crippen LogP contribution in [0.15, 0.2) is 15.8 Å². The summed E-state index contributed by atoms with van der Waals surface area (Å²) in [6.07, 6.45) is -1.20. The van der Waals surface area contributed by atoms with Crippen LogP contribution in [0.25, 0.3) is 0 Å². The van der Waals surface area contributed by atoms with Crippen molar-refractivity contribution in [2.75, 3.05) is 20.3 Å². The first-order valence-corrected chi connectivity index (χ1v) is 13.4. The van der Waals surface area contributed by atoms with E-state index in [-0.39, 0.29) is 12.0 Å². The number of nitrogens with one attached hydrogen (secondary N) is 1. The summed E-state index contributed by atoms with van der Waals surface area (Å²) in [7, 11) is 1.54. The fourth-order valence-electron chi connectivity index (χ4n) is 3.57. The van der Waals surface area contributed by atoms with Gasteiger partial charge in [-0.1, -0.05) is 20.8 Å². The Labute approximate surface area is 199 Å². The highest BCUT2D eigenvalue weighted by Gasteiger charge is 2.51. The third kappa shape index (κ3) is 8.36. The molecule has 1 saturated heterocycles. The predicted molar refractivity (Wildman–Crippen MR) is 128 cm³/mol. The average molecular weight is 509 g/mol. The first-order chi connectivity index (χ1) is 15.0. The van der Waals surface area contributed by atoms with Crippen molar-refractivity contribution < 1.29 is 28.2 Å². The Morgan fingerprint density at radius 1 is 1.18 bits per heavy atom. The molecule has 33 heavy (non-hydrogen) atoms. The van der Waals surface area contributed by atoms with Crippen LogP contribution in [0.2, 0.25) is 0 Å². The van der Waals surface area contributed by atoms with Crippen LogP contribution in [-0.2, 0) is 35.1 Å². The zero-order chi connectivity index (χ0) is 25.2. The monoisotopic (exact) mass is 508 g/mol. The molecule has 0 spiro atoms. The van der Waals surface area contributed by atoms with Crippen molar-refractivity contribution in [3.63, 3.8) is 0 Å². The number of ether oxygens (including phenoxy) is 3. The van der Waals surface area contributed by atoms with Gasteiger partial charge in [0.2, 0.25) is 0 Å². The molecule has 10 nitrogen and oxygen atoms in total. The topological polar surface area (TPSA) is 121 Å². The number of nitrogens with zero attached hydrogens (tertiary/aromatic N) is 1. The van der Waals surface area contributed by atoms with E-state index in [1.165, 1.54) is 10.8 Å². The summed E-state index contributed by atoms with van der Waals surface area (Å²) in [6, 6.07) is 0. The zero-order valence-electron chi connectivity index (χ0n) is 20.6. The lowest BCUT2D eigenvalue weighted by Crippen LogP contribution is -2.41. The van der Waals surface area contributed by atoms with Gasteiger partial charge in [0.1, 0.15) is 12.2 Å². The molecule has 12 heteroatoms. The molecular formula is C21H37N2O8PS. The Kier molecular flexibility index (Phi) is 9.26. The van der Waals surface area contributed by atoms with Crippen LogP contribution in [-0.4, -0.2) is 58.7 Å². The fourth-order valence-corrected chi connectivity index (χ4v) is 5.84. The lowest BCUT2D eigenvalue weighted by atomic mass is 9.87. The minimum absolute atomic E-state index is 0.174. The molecule has 1 aliphatic rings. The van der Waals surface area contributed by atoms with Crippen LogP contribution in [0.3, 0.4) is 0 Å². The van der Waals surface area contributed by atoms with Crippen LogP contribution in [0.5, 0.6) is 0 Å². The van der Waals surface area contributed by atoms with Gasteiger partial charge < -0.3 is 23.6 Å². The van der Waals surface area contributed by atoms with E-state index in [0.717, 1.165) is 0 Å². The molecule has 1 fully saturated rings. The fraction of sp³-hybridized carbons (Fsp3) is 0.810. The number of hydrogen-bond donors (Lipinski definition) is 2. The van der Waals surface area contributed by atoms with E-state index in [2.05, 4.69) is 4.98 Å². The highest BCUT2D eigenvalue weighted by atomic mass is 32.5. The number of hydrogen-bond acceptors (Lipinski definition) is 8. The second-order valence-electron chi connectivity index (χ2n) is 10.4. The predicted octanol–water partition coefficient (Wildman–Crippen LogP) is 2.63. The maximum atomic E-state index is 12.6. The van der Waals surface area contributed by atoms with Gasteiger partial charge in [0.25, 0.3) is 5.56 Å². The number of aromatic nitrogens is 2. The van der Waals surface area contributed by atoms with Gasteiger partial charge >= 0.3 is 12.4 Å². The standard InChI is InChI=1S/C21H37N2O8PS/c1-13-12-23(19(25)22-17(13)24)18-16(28-10-9-27-8)15(14(29-18)11-20(2,3)4)30-32(26,33)31-21(5,6)7/h12,14-16,18H,9-11H2,1-8H3,(H,26,33)(H,22,24,25)/t14-,15+,16?,18-,32?/m1/s1. The highest BCUT2D eigenvalue weighted by molar-refractivity contribution is 8.07. The molecule has 0 bridgehead atoms. The number of H-pyrrole nitrogens is 1. The van der Waals surface area contributed by atoms with Crippen molar-refractivity contribution >= 4 is 18.5 Å². The third-order valence-corrected chi connectivity index (χ3v) is 6.53. The summed E-state index contributed by atoms with van der Waals surface area (Å²) in [4.78, 5) is 37.7. The summed E-state index contributed by atoms with van der Waals surface area (Å²) < 4.78 is 30.4. The third-order valence-electron chi connectivity index (χ3n) is 4.76. The van der Waals surface area contributed by atoms with Crippen LogP contribution in [0.1, 0.15) is 59.8 Å². The number of rotatable bonds is 9. The maximum absolute atomic E-state index is 12.6. The van der Waals surface area contributed by atoms with Gasteiger partial charge in [0.05, 0.1) is 24.9 Å². The van der Waals surface area contributed by atoms with E-state index >= 15 is 0 Å². The van der Waals surface area contributed by atoms with E-state index < -0.39 is 48.1 Å². The lowest BCUT2D eigenvalue weighted by molar-refractivity contribution is -0.0808. The summed E-state index contributed by atoms with van der Waals surface area (Å²) in [5.74, 6) is 0. The highest BCUT2D eigenvalue weighted by Crippen LogP contribution is 2.52. The van der Waals surface area contributed by atoms with Gasteiger partial charge in [-0.05, 0) is 51.3 Å². The zero-order valence-corrected chi connectivity index (χ0v) is 22.3. The quantitative estimate of drug-likeness (QED) is 0.383. The minimum atomic E-state index is -3.69. The van der Waals surface area contributed by atoms with Crippen molar-refractivity contribution in [3.05, 3.63) is 32.6 Å². The summed E-state index contributed by atoms with van der Waals surface area (Å²) >= 11 is 5.30. The molecule has 0 saturated carbocycles. The van der Waals surface area contributed by atoms with Gasteiger partial charge in [-0.2, -0.15) is 0 Å². The molecule has 2 heterocycles. The van der Waals surface area contributed by atoms with E-state index in [1.807, 2.05) is 20.8 Å². The molecule has 0 aromatic carbocycles. The maximum Gasteiger partial charge on any atom is 0.330 e. The molecular weight excluding hydrogens is 471 g/mol. The summed E-state index contributed by atoms with van der Waals surface area (Å²) in [5, 5.41) is 0. The van der Waals surface area contributed by atoms with E-state index in [1.54, 1.807) is 34.8 Å². The smallest absolute Gasteiger partial charge is 0.330 e. The van der Waals surface area contributed by atoms with E-state index in [0.29, 0.717) is 18.6 Å². The summed E-state index contributed by atoms with van der Waals surface area (Å²) in [6.45, 7) is 9.81. The van der Waals surface area contributed by atoms with E-state index in [9.17, 15) is 14.5 Å². The molecule has 0 aliphatic carbocycles. The first-order valence-electron chi connectivity index (χ1n) is 10.8. The molecule has 5 atom stereocenters. The van der Waals surface area contributed by atoms with Gasteiger partial charge in [0, 0.05) is 18.9 Å². The van der Waals surface area contributed by atoms with Crippen LogP contribution < -0.4 is 11.2 Å². The first kappa shape index (κ1) is 28.3. The number of aromatic amines is 1.